The molecule has 0 aliphatic heterocycles. The van der Waals surface area contributed by atoms with E-state index in [2.05, 4.69) is 9.97 Å². The van der Waals surface area contributed by atoms with Crippen LogP contribution in [0, 0.1) is 11.3 Å². The number of hydrogen-bond donors (Lipinski definition) is 2. The first kappa shape index (κ1) is 16.1. The number of nitriles is 1. The number of rotatable bonds is 1. The second-order valence-corrected chi connectivity index (χ2v) is 4.90. The number of nitrogen functional groups attached to an aromatic ring is 2. The topological polar surface area (TPSA) is 102 Å². The van der Waals surface area contributed by atoms with Gasteiger partial charge < -0.3 is 11.5 Å². The van der Waals surface area contributed by atoms with Crippen LogP contribution in [-0.4, -0.2) is 9.97 Å². The van der Waals surface area contributed by atoms with E-state index in [1.54, 1.807) is 6.07 Å². The van der Waals surface area contributed by atoms with E-state index in [4.69, 9.17) is 39.9 Å². The Bertz CT molecular complexity index is 799. The van der Waals surface area contributed by atoms with Crippen molar-refractivity contribution >= 4 is 35.0 Å². The first-order valence-corrected chi connectivity index (χ1v) is 6.30. The van der Waals surface area contributed by atoms with E-state index in [-0.39, 0.29) is 33.6 Å². The highest BCUT2D eigenvalue weighted by molar-refractivity contribution is 6.42. The summed E-state index contributed by atoms with van der Waals surface area (Å²) in [6.45, 7) is 0. The molecule has 0 saturated carbocycles. The molecule has 2 aromatic rings. The number of nitrogens with two attached hydrogens (primary N) is 2. The number of nitrogens with zero attached hydrogens (tertiary/aromatic N) is 3. The van der Waals surface area contributed by atoms with Gasteiger partial charge >= 0.3 is 6.18 Å². The van der Waals surface area contributed by atoms with Crippen LogP contribution in [0.1, 0.15) is 11.1 Å². The third-order valence-corrected chi connectivity index (χ3v) is 3.48. The van der Waals surface area contributed by atoms with E-state index in [1.165, 1.54) is 0 Å². The molecule has 0 saturated heterocycles. The molecule has 0 amide bonds. The molecule has 2 rings (SSSR count). The number of hydrogen-bond acceptors (Lipinski definition) is 5. The fourth-order valence-electron chi connectivity index (χ4n) is 1.75. The van der Waals surface area contributed by atoms with Crippen LogP contribution in [0.5, 0.6) is 0 Å². The summed E-state index contributed by atoms with van der Waals surface area (Å²) in [5.74, 6) is -0.532. The van der Waals surface area contributed by atoms with Gasteiger partial charge in [-0.15, -0.1) is 0 Å². The van der Waals surface area contributed by atoms with Crippen molar-refractivity contribution in [3.05, 3.63) is 33.3 Å². The zero-order chi connectivity index (χ0) is 16.7. The Labute approximate surface area is 132 Å². The van der Waals surface area contributed by atoms with Gasteiger partial charge in [0.2, 0.25) is 5.95 Å². The summed E-state index contributed by atoms with van der Waals surface area (Å²) in [7, 11) is 0. The van der Waals surface area contributed by atoms with Crippen LogP contribution in [-0.2, 0) is 6.18 Å². The summed E-state index contributed by atoms with van der Waals surface area (Å²) in [6, 6.07) is 3.58. The van der Waals surface area contributed by atoms with Crippen molar-refractivity contribution in [3.63, 3.8) is 0 Å². The Morgan fingerprint density at radius 3 is 2.32 bits per heavy atom. The summed E-state index contributed by atoms with van der Waals surface area (Å²) in [5, 5.41) is 8.08. The van der Waals surface area contributed by atoms with E-state index in [0.717, 1.165) is 12.1 Å². The molecule has 0 unspecified atom stereocenters. The molecule has 22 heavy (non-hydrogen) atoms. The molecule has 0 bridgehead atoms. The standard InChI is InChI=1S/C12H6Cl2F3N5/c13-7-2-4(1-6(8(7)14)12(15,16)17)9-5(3-18)10(19)22-11(20)21-9/h1-2H,(H4,19,20,21,22). The van der Waals surface area contributed by atoms with Crippen molar-refractivity contribution < 1.29 is 13.2 Å². The van der Waals surface area contributed by atoms with Gasteiger partial charge in [0.05, 0.1) is 21.3 Å². The highest BCUT2D eigenvalue weighted by Gasteiger charge is 2.35. The molecule has 4 N–H and O–H groups in total. The molecular formula is C12H6Cl2F3N5. The molecule has 1 aromatic carbocycles. The zero-order valence-corrected chi connectivity index (χ0v) is 12.1. The maximum absolute atomic E-state index is 13.0. The second-order valence-electron chi connectivity index (χ2n) is 4.12. The number of halogens is 5. The Morgan fingerprint density at radius 2 is 1.77 bits per heavy atom. The van der Waals surface area contributed by atoms with Crippen LogP contribution in [0.15, 0.2) is 12.1 Å². The molecule has 0 spiro atoms. The van der Waals surface area contributed by atoms with Crippen molar-refractivity contribution in [2.24, 2.45) is 0 Å². The fraction of sp³-hybridized carbons (Fsp3) is 0.0833. The average Bonchev–Trinajstić information content (AvgIpc) is 2.39. The summed E-state index contributed by atoms with van der Waals surface area (Å²) < 4.78 is 38.9. The SMILES string of the molecule is N#Cc1c(N)nc(N)nc1-c1cc(Cl)c(Cl)c(C(F)(F)F)c1. The van der Waals surface area contributed by atoms with Gasteiger partial charge in [-0.1, -0.05) is 23.2 Å². The van der Waals surface area contributed by atoms with Crippen molar-refractivity contribution in [2.45, 2.75) is 6.18 Å². The third kappa shape index (κ3) is 2.86. The summed E-state index contributed by atoms with van der Waals surface area (Å²) in [6.07, 6.45) is -4.73. The number of anilines is 2. The van der Waals surface area contributed by atoms with Crippen molar-refractivity contribution in [2.75, 3.05) is 11.5 Å². The minimum atomic E-state index is -4.73. The van der Waals surface area contributed by atoms with Crippen LogP contribution >= 0.6 is 23.2 Å². The predicted molar refractivity (Wildman–Crippen MR) is 76.0 cm³/mol. The molecule has 1 heterocycles. The van der Waals surface area contributed by atoms with Crippen LogP contribution in [0.3, 0.4) is 0 Å². The quantitative estimate of drug-likeness (QED) is 0.821. The van der Waals surface area contributed by atoms with Crippen LogP contribution in [0.2, 0.25) is 10.0 Å². The summed E-state index contributed by atoms with van der Waals surface area (Å²) in [5.41, 5.74) is 9.33. The monoisotopic (exact) mass is 347 g/mol. The van der Waals surface area contributed by atoms with Crippen LogP contribution in [0.25, 0.3) is 11.3 Å². The van der Waals surface area contributed by atoms with Gasteiger partial charge in [0.1, 0.15) is 17.5 Å². The predicted octanol–water partition coefficient (Wildman–Crippen LogP) is 3.51. The Kier molecular flexibility index (Phi) is 4.04. The van der Waals surface area contributed by atoms with Gasteiger partial charge in [-0.3, -0.25) is 0 Å². The van der Waals surface area contributed by atoms with Gasteiger partial charge in [-0.2, -0.15) is 23.4 Å². The smallest absolute Gasteiger partial charge is 0.382 e. The van der Waals surface area contributed by atoms with Gasteiger partial charge in [0.15, 0.2) is 0 Å². The zero-order valence-electron chi connectivity index (χ0n) is 10.5. The molecule has 0 atom stereocenters. The van der Waals surface area contributed by atoms with Gasteiger partial charge in [0.25, 0.3) is 0 Å². The van der Waals surface area contributed by atoms with Crippen LogP contribution in [0.4, 0.5) is 24.9 Å². The first-order valence-electron chi connectivity index (χ1n) is 5.54. The van der Waals surface area contributed by atoms with E-state index < -0.39 is 16.8 Å². The molecule has 5 nitrogen and oxygen atoms in total. The van der Waals surface area contributed by atoms with E-state index in [0.29, 0.717) is 0 Å². The Balaban J connectivity index is 2.80. The lowest BCUT2D eigenvalue weighted by atomic mass is 10.0. The number of aromatic nitrogens is 2. The lowest BCUT2D eigenvalue weighted by Gasteiger charge is -2.13. The van der Waals surface area contributed by atoms with Crippen molar-refractivity contribution in [1.82, 2.24) is 9.97 Å². The van der Waals surface area contributed by atoms with E-state index in [1.807, 2.05) is 0 Å². The van der Waals surface area contributed by atoms with Gasteiger partial charge in [-0.25, -0.2) is 4.98 Å². The number of alkyl halides is 3. The maximum atomic E-state index is 13.0. The average molecular weight is 348 g/mol. The molecular weight excluding hydrogens is 342 g/mol. The summed E-state index contributed by atoms with van der Waals surface area (Å²) in [4.78, 5) is 7.35. The molecule has 10 heteroatoms. The van der Waals surface area contributed by atoms with Gasteiger partial charge in [0, 0.05) is 5.56 Å². The second kappa shape index (κ2) is 5.51. The van der Waals surface area contributed by atoms with Crippen molar-refractivity contribution in [3.8, 4) is 17.3 Å². The van der Waals surface area contributed by atoms with Crippen LogP contribution < -0.4 is 11.5 Å². The largest absolute Gasteiger partial charge is 0.417 e. The minimum absolute atomic E-state index is 0.0981. The lowest BCUT2D eigenvalue weighted by Crippen LogP contribution is -2.08. The highest BCUT2D eigenvalue weighted by Crippen LogP contribution is 2.41. The molecule has 0 radical (unpaired) electrons. The normalized spacial score (nSPS) is 11.3. The Hall–Kier alpha value is -2.24. The molecule has 0 fully saturated rings. The molecule has 0 aliphatic rings. The minimum Gasteiger partial charge on any atom is -0.382 e. The van der Waals surface area contributed by atoms with E-state index >= 15 is 0 Å². The third-order valence-electron chi connectivity index (χ3n) is 2.67. The summed E-state index contributed by atoms with van der Waals surface area (Å²) >= 11 is 11.3. The molecule has 0 aliphatic carbocycles. The lowest BCUT2D eigenvalue weighted by molar-refractivity contribution is -0.137. The van der Waals surface area contributed by atoms with Crippen molar-refractivity contribution in [1.29, 1.82) is 5.26 Å². The Morgan fingerprint density at radius 1 is 1.14 bits per heavy atom. The maximum Gasteiger partial charge on any atom is 0.417 e. The fourth-order valence-corrected chi connectivity index (χ4v) is 2.18. The molecule has 114 valence electrons. The van der Waals surface area contributed by atoms with E-state index in [9.17, 15) is 13.2 Å². The number of benzene rings is 1. The first-order chi connectivity index (χ1) is 10.1. The molecule has 1 aromatic heterocycles. The van der Waals surface area contributed by atoms with Gasteiger partial charge in [-0.05, 0) is 12.1 Å². The highest BCUT2D eigenvalue weighted by atomic mass is 35.5.